The van der Waals surface area contributed by atoms with Gasteiger partial charge in [0.15, 0.2) is 0 Å². The number of esters is 1. The summed E-state index contributed by atoms with van der Waals surface area (Å²) >= 11 is 0.720. The lowest BCUT2D eigenvalue weighted by Gasteiger charge is -2.23. The van der Waals surface area contributed by atoms with Gasteiger partial charge in [0, 0.05) is 11.8 Å². The summed E-state index contributed by atoms with van der Waals surface area (Å²) in [5.74, 6) is -0.850. The fraction of sp³-hybridized carbons (Fsp3) is 0.150. The van der Waals surface area contributed by atoms with Crippen LogP contribution in [0.1, 0.15) is 23.0 Å². The number of hydrogen-bond donors (Lipinski definition) is 1. The van der Waals surface area contributed by atoms with E-state index in [1.165, 1.54) is 6.08 Å². The van der Waals surface area contributed by atoms with Gasteiger partial charge in [-0.05, 0) is 37.3 Å². The van der Waals surface area contributed by atoms with Crippen molar-refractivity contribution >= 4 is 55.9 Å². The topological polar surface area (TPSA) is 142 Å². The molecule has 2 aliphatic rings. The monoisotopic (exact) mass is 472 g/mol. The molecule has 3 heterocycles. The zero-order valence-electron chi connectivity index (χ0n) is 16.9. The third kappa shape index (κ3) is 4.01. The van der Waals surface area contributed by atoms with E-state index in [0.29, 0.717) is 16.9 Å². The Morgan fingerprint density at radius 3 is 2.81 bits per heavy atom. The number of aliphatic imine (C=N–C) groups is 1. The third-order valence-electron chi connectivity index (χ3n) is 4.40. The molecule has 1 aromatic heterocycles. The van der Waals surface area contributed by atoms with E-state index in [0.717, 1.165) is 23.1 Å². The summed E-state index contributed by atoms with van der Waals surface area (Å²) in [6.07, 6.45) is 2.28. The minimum Gasteiger partial charge on any atom is -0.462 e. The van der Waals surface area contributed by atoms with Gasteiger partial charge in [0.05, 0.1) is 29.7 Å². The van der Waals surface area contributed by atoms with Crippen LogP contribution in [0.3, 0.4) is 0 Å². The fourth-order valence-corrected chi connectivity index (χ4v) is 4.82. The summed E-state index contributed by atoms with van der Waals surface area (Å²) in [7, 11) is -3.73. The van der Waals surface area contributed by atoms with Crippen molar-refractivity contribution in [1.29, 1.82) is 5.41 Å². The second-order valence-electron chi connectivity index (χ2n) is 6.68. The smallest absolute Gasteiger partial charge is 0.338 e. The molecule has 0 spiro atoms. The normalized spacial score (nSPS) is 17.3. The number of amides is 1. The summed E-state index contributed by atoms with van der Waals surface area (Å²) in [6.45, 7) is 1.98. The second kappa shape index (κ2) is 8.20. The lowest BCUT2D eigenvalue weighted by Crippen LogP contribution is -2.45. The SMILES string of the molecule is CCOC(=O)c1cccc(-c2ccc(C=C3C(=N)N4C(=NC3=O)SN=C4S(C)(=O)=O)o2)c1. The molecule has 0 radical (unpaired) electrons. The Balaban J connectivity index is 1.65. The number of furan rings is 1. The molecule has 0 saturated heterocycles. The summed E-state index contributed by atoms with van der Waals surface area (Å²) < 4.78 is 38.5. The van der Waals surface area contributed by atoms with Gasteiger partial charge in [-0.1, -0.05) is 12.1 Å². The first kappa shape index (κ1) is 21.7. The van der Waals surface area contributed by atoms with Crippen LogP contribution in [0.25, 0.3) is 17.4 Å². The number of carbonyl (C=O) groups excluding carboxylic acids is 2. The van der Waals surface area contributed by atoms with Gasteiger partial charge in [0.25, 0.3) is 5.91 Å². The van der Waals surface area contributed by atoms with Crippen LogP contribution in [0.2, 0.25) is 0 Å². The van der Waals surface area contributed by atoms with Crippen LogP contribution in [-0.4, -0.2) is 54.2 Å². The molecule has 32 heavy (non-hydrogen) atoms. The van der Waals surface area contributed by atoms with E-state index in [-0.39, 0.29) is 34.1 Å². The molecular formula is C20H16N4O6S2. The molecule has 0 aliphatic carbocycles. The third-order valence-corrected chi connectivity index (χ3v) is 6.15. The Morgan fingerprint density at radius 2 is 2.09 bits per heavy atom. The van der Waals surface area contributed by atoms with Crippen molar-refractivity contribution in [1.82, 2.24) is 4.90 Å². The molecular weight excluding hydrogens is 456 g/mol. The van der Waals surface area contributed by atoms with Gasteiger partial charge >= 0.3 is 5.97 Å². The highest BCUT2D eigenvalue weighted by Crippen LogP contribution is 2.30. The van der Waals surface area contributed by atoms with Gasteiger partial charge in [-0.2, -0.15) is 9.39 Å². The summed E-state index contributed by atoms with van der Waals surface area (Å²) in [5.41, 5.74) is 0.840. The minimum atomic E-state index is -3.73. The lowest BCUT2D eigenvalue weighted by atomic mass is 10.1. The van der Waals surface area contributed by atoms with E-state index >= 15 is 0 Å². The number of fused-ring (bicyclic) bond motifs is 1. The Kier molecular flexibility index (Phi) is 5.57. The molecule has 12 heteroatoms. The van der Waals surface area contributed by atoms with Gasteiger partial charge in [0.2, 0.25) is 20.2 Å². The number of amidine groups is 3. The minimum absolute atomic E-state index is 0.00786. The van der Waals surface area contributed by atoms with Gasteiger partial charge in [-0.3, -0.25) is 10.2 Å². The molecule has 1 amide bonds. The van der Waals surface area contributed by atoms with Crippen molar-refractivity contribution in [2.24, 2.45) is 9.39 Å². The van der Waals surface area contributed by atoms with Crippen molar-refractivity contribution in [2.45, 2.75) is 6.92 Å². The second-order valence-corrected chi connectivity index (χ2v) is 9.32. The van der Waals surface area contributed by atoms with Crippen LogP contribution in [0, 0.1) is 5.41 Å². The van der Waals surface area contributed by atoms with E-state index in [9.17, 15) is 18.0 Å². The highest BCUT2D eigenvalue weighted by molar-refractivity contribution is 8.16. The van der Waals surface area contributed by atoms with Crippen LogP contribution in [0.5, 0.6) is 0 Å². The maximum atomic E-state index is 12.4. The fourth-order valence-electron chi connectivity index (χ4n) is 2.98. The first-order valence-electron chi connectivity index (χ1n) is 9.25. The quantitative estimate of drug-likeness (QED) is 0.407. The molecule has 0 atom stereocenters. The summed E-state index contributed by atoms with van der Waals surface area (Å²) in [6, 6.07) is 9.92. The van der Waals surface area contributed by atoms with Crippen molar-refractivity contribution < 1.29 is 27.2 Å². The number of ether oxygens (including phenoxy) is 1. The van der Waals surface area contributed by atoms with Crippen LogP contribution in [0.15, 0.2) is 55.8 Å². The average molecular weight is 473 g/mol. The van der Waals surface area contributed by atoms with Crippen molar-refractivity contribution in [2.75, 3.05) is 12.9 Å². The van der Waals surface area contributed by atoms with Gasteiger partial charge in [-0.15, -0.1) is 0 Å². The number of nitrogens with zero attached hydrogens (tertiary/aromatic N) is 3. The first-order valence-corrected chi connectivity index (χ1v) is 11.9. The predicted octanol–water partition coefficient (Wildman–Crippen LogP) is 2.74. The van der Waals surface area contributed by atoms with Crippen LogP contribution in [0.4, 0.5) is 0 Å². The maximum absolute atomic E-state index is 12.4. The number of hydrogen-bond acceptors (Lipinski definition) is 9. The molecule has 164 valence electrons. The lowest BCUT2D eigenvalue weighted by molar-refractivity contribution is -0.114. The number of nitrogens with one attached hydrogen (secondary N) is 1. The Bertz CT molecular complexity index is 1350. The molecule has 1 aromatic carbocycles. The predicted molar refractivity (Wildman–Crippen MR) is 120 cm³/mol. The van der Waals surface area contributed by atoms with E-state index < -0.39 is 21.7 Å². The Hall–Kier alpha value is -3.51. The summed E-state index contributed by atoms with van der Waals surface area (Å²) in [5, 5.41) is 8.00. The number of sulfone groups is 1. The average Bonchev–Trinajstić information content (AvgIpc) is 3.38. The van der Waals surface area contributed by atoms with Crippen LogP contribution >= 0.6 is 11.9 Å². The van der Waals surface area contributed by atoms with E-state index in [1.807, 2.05) is 0 Å². The molecule has 0 fully saturated rings. The van der Waals surface area contributed by atoms with E-state index in [4.69, 9.17) is 14.6 Å². The zero-order valence-corrected chi connectivity index (χ0v) is 18.5. The molecule has 0 unspecified atom stereocenters. The van der Waals surface area contributed by atoms with Crippen molar-refractivity contribution in [3.05, 3.63) is 53.3 Å². The highest BCUT2D eigenvalue weighted by Gasteiger charge is 2.41. The molecule has 2 aliphatic heterocycles. The zero-order chi connectivity index (χ0) is 23.0. The van der Waals surface area contributed by atoms with Crippen LogP contribution in [-0.2, 0) is 19.4 Å². The number of rotatable bonds is 4. The van der Waals surface area contributed by atoms with E-state index in [2.05, 4.69) is 9.39 Å². The van der Waals surface area contributed by atoms with Crippen molar-refractivity contribution in [3.63, 3.8) is 0 Å². The Morgan fingerprint density at radius 1 is 1.31 bits per heavy atom. The molecule has 2 aromatic rings. The molecule has 1 N–H and O–H groups in total. The highest BCUT2D eigenvalue weighted by atomic mass is 32.2. The standard InChI is InChI=1S/C20H16N4O6S2/c1-3-29-18(26)12-6-4-5-11(9-12)15-8-7-13(30-15)10-14-16(21)24-19(22-17(14)25)31-23-20(24)32(2,27)28/h4-10,21H,3H2,1-2H3. The van der Waals surface area contributed by atoms with E-state index in [1.54, 1.807) is 43.3 Å². The molecule has 0 saturated carbocycles. The first-order chi connectivity index (χ1) is 15.2. The van der Waals surface area contributed by atoms with Gasteiger partial charge < -0.3 is 9.15 Å². The molecule has 0 bridgehead atoms. The summed E-state index contributed by atoms with van der Waals surface area (Å²) in [4.78, 5) is 29.2. The maximum Gasteiger partial charge on any atom is 0.338 e. The van der Waals surface area contributed by atoms with Gasteiger partial charge in [-0.25, -0.2) is 18.1 Å². The number of benzene rings is 1. The number of carbonyl (C=O) groups is 2. The van der Waals surface area contributed by atoms with Crippen molar-refractivity contribution in [3.8, 4) is 11.3 Å². The Labute approximate surface area is 187 Å². The van der Waals surface area contributed by atoms with Gasteiger partial charge in [0.1, 0.15) is 17.4 Å². The molecule has 10 nitrogen and oxygen atoms in total. The van der Waals surface area contributed by atoms with Crippen LogP contribution < -0.4 is 0 Å². The largest absolute Gasteiger partial charge is 0.462 e. The molecule has 4 rings (SSSR count).